The summed E-state index contributed by atoms with van der Waals surface area (Å²) in [5, 5.41) is 2.10. The van der Waals surface area contributed by atoms with Gasteiger partial charge in [0, 0.05) is 17.5 Å². The van der Waals surface area contributed by atoms with E-state index in [0.717, 1.165) is 30.2 Å². The van der Waals surface area contributed by atoms with Crippen LogP contribution < -0.4 is 15.4 Å². The largest absolute Gasteiger partial charge is 0.497 e. The van der Waals surface area contributed by atoms with E-state index >= 15 is 0 Å². The van der Waals surface area contributed by atoms with Crippen LogP contribution in [0.15, 0.2) is 35.7 Å². The molecule has 0 aliphatic heterocycles. The van der Waals surface area contributed by atoms with E-state index < -0.39 is 0 Å². The molecule has 0 aliphatic rings. The van der Waals surface area contributed by atoms with Crippen LogP contribution in [-0.4, -0.2) is 13.7 Å². The molecule has 2 aromatic rings. The second kappa shape index (κ2) is 5.78. The first-order valence-electron chi connectivity index (χ1n) is 5.95. The molecule has 0 spiro atoms. The van der Waals surface area contributed by atoms with Gasteiger partial charge in [0.1, 0.15) is 5.75 Å². The maximum Gasteiger partial charge on any atom is 0.121 e. The Kier molecular flexibility index (Phi) is 4.10. The van der Waals surface area contributed by atoms with Gasteiger partial charge in [-0.3, -0.25) is 0 Å². The van der Waals surface area contributed by atoms with E-state index in [2.05, 4.69) is 29.3 Å². The average molecular weight is 262 g/mol. The Morgan fingerprint density at radius 1 is 1.33 bits per heavy atom. The van der Waals surface area contributed by atoms with Gasteiger partial charge < -0.3 is 15.4 Å². The van der Waals surface area contributed by atoms with Crippen LogP contribution in [0.5, 0.6) is 5.75 Å². The van der Waals surface area contributed by atoms with Crippen LogP contribution in [0.1, 0.15) is 11.8 Å². The molecular formula is C14H18N2OS. The summed E-state index contributed by atoms with van der Waals surface area (Å²) in [5.41, 5.74) is 7.90. The van der Waals surface area contributed by atoms with Crippen LogP contribution in [0.25, 0.3) is 0 Å². The number of benzene rings is 1. The Hall–Kier alpha value is -1.68. The Morgan fingerprint density at radius 2 is 2.17 bits per heavy atom. The third-order valence-corrected chi connectivity index (χ3v) is 3.75. The first-order valence-corrected chi connectivity index (χ1v) is 6.83. The summed E-state index contributed by atoms with van der Waals surface area (Å²) in [7, 11) is 1.65. The Morgan fingerprint density at radius 3 is 2.72 bits per heavy atom. The minimum atomic E-state index is 0.757. The predicted molar refractivity (Wildman–Crippen MR) is 78.4 cm³/mol. The summed E-state index contributed by atoms with van der Waals surface area (Å²) >= 11 is 1.77. The van der Waals surface area contributed by atoms with Gasteiger partial charge in [0.2, 0.25) is 0 Å². The number of nitrogens with two attached hydrogens (primary N) is 1. The van der Waals surface area contributed by atoms with Gasteiger partial charge in [-0.25, -0.2) is 0 Å². The fraction of sp³-hybridized carbons (Fsp3) is 0.286. The molecule has 0 bridgehead atoms. The van der Waals surface area contributed by atoms with Crippen LogP contribution in [0.2, 0.25) is 0 Å². The molecule has 2 rings (SSSR count). The van der Waals surface area contributed by atoms with Crippen molar-refractivity contribution >= 4 is 22.7 Å². The summed E-state index contributed by atoms with van der Waals surface area (Å²) in [5.74, 6) is 0.795. The van der Waals surface area contributed by atoms with Gasteiger partial charge in [0.05, 0.1) is 25.0 Å². The molecule has 0 atom stereocenters. The minimum absolute atomic E-state index is 0.757. The minimum Gasteiger partial charge on any atom is -0.497 e. The molecule has 0 saturated carbocycles. The van der Waals surface area contributed by atoms with Crippen LogP contribution in [0, 0.1) is 0 Å². The van der Waals surface area contributed by atoms with Gasteiger partial charge in [-0.05, 0) is 30.5 Å². The molecule has 0 amide bonds. The lowest BCUT2D eigenvalue weighted by Gasteiger charge is -2.24. The molecule has 3 nitrogen and oxygen atoms in total. The van der Waals surface area contributed by atoms with Crippen molar-refractivity contribution in [3.8, 4) is 5.75 Å². The number of rotatable bonds is 5. The highest BCUT2D eigenvalue weighted by Crippen LogP contribution is 2.29. The van der Waals surface area contributed by atoms with E-state index in [9.17, 15) is 0 Å². The van der Waals surface area contributed by atoms with Crippen LogP contribution >= 0.6 is 11.3 Å². The standard InChI is InChI=1S/C14H18N2OS/c1-3-16(10-12-5-4-8-18-12)14-7-6-11(17-2)9-13(14)15/h4-9H,3,10,15H2,1-2H3. The number of anilines is 2. The zero-order valence-electron chi connectivity index (χ0n) is 10.7. The smallest absolute Gasteiger partial charge is 0.121 e. The second-order valence-electron chi connectivity index (χ2n) is 4.02. The van der Waals surface area contributed by atoms with Crippen molar-refractivity contribution in [2.24, 2.45) is 0 Å². The number of methoxy groups -OCH3 is 1. The van der Waals surface area contributed by atoms with E-state index in [0.29, 0.717) is 0 Å². The van der Waals surface area contributed by atoms with Gasteiger partial charge in [0.15, 0.2) is 0 Å². The number of ether oxygens (including phenoxy) is 1. The normalized spacial score (nSPS) is 10.3. The van der Waals surface area contributed by atoms with Crippen molar-refractivity contribution < 1.29 is 4.74 Å². The molecule has 18 heavy (non-hydrogen) atoms. The molecule has 0 fully saturated rings. The average Bonchev–Trinajstić information content (AvgIpc) is 2.89. The van der Waals surface area contributed by atoms with Gasteiger partial charge >= 0.3 is 0 Å². The highest BCUT2D eigenvalue weighted by molar-refractivity contribution is 7.09. The number of hydrogen-bond donors (Lipinski definition) is 1. The van der Waals surface area contributed by atoms with Crippen LogP contribution in [0.3, 0.4) is 0 Å². The highest BCUT2D eigenvalue weighted by Gasteiger charge is 2.10. The maximum absolute atomic E-state index is 6.08. The topological polar surface area (TPSA) is 38.5 Å². The predicted octanol–water partition coefficient (Wildman–Crippen LogP) is 3.37. The molecule has 96 valence electrons. The third-order valence-electron chi connectivity index (χ3n) is 2.88. The lowest BCUT2D eigenvalue weighted by atomic mass is 10.2. The van der Waals surface area contributed by atoms with Gasteiger partial charge in [0.25, 0.3) is 0 Å². The Labute approximate surface area is 112 Å². The number of nitrogens with zero attached hydrogens (tertiary/aromatic N) is 1. The summed E-state index contributed by atoms with van der Waals surface area (Å²) < 4.78 is 5.17. The molecule has 1 aromatic heterocycles. The van der Waals surface area contributed by atoms with E-state index in [1.54, 1.807) is 18.4 Å². The highest BCUT2D eigenvalue weighted by atomic mass is 32.1. The molecule has 0 unspecified atom stereocenters. The molecule has 0 aliphatic carbocycles. The van der Waals surface area contributed by atoms with Crippen LogP contribution in [-0.2, 0) is 6.54 Å². The lowest BCUT2D eigenvalue weighted by Crippen LogP contribution is -2.22. The SMILES string of the molecule is CCN(Cc1cccs1)c1ccc(OC)cc1N. The molecule has 0 saturated heterocycles. The zero-order valence-corrected chi connectivity index (χ0v) is 11.5. The number of nitrogen functional groups attached to an aromatic ring is 1. The van der Waals surface area contributed by atoms with Crippen LogP contribution in [0.4, 0.5) is 11.4 Å². The quantitative estimate of drug-likeness (QED) is 0.840. The van der Waals surface area contributed by atoms with Crippen molar-refractivity contribution in [2.75, 3.05) is 24.3 Å². The fourth-order valence-corrected chi connectivity index (χ4v) is 2.62. The van der Waals surface area contributed by atoms with Gasteiger partial charge in [-0.2, -0.15) is 0 Å². The third kappa shape index (κ3) is 2.76. The van der Waals surface area contributed by atoms with Crippen molar-refractivity contribution in [3.05, 3.63) is 40.6 Å². The summed E-state index contributed by atoms with van der Waals surface area (Å²) in [6.07, 6.45) is 0. The lowest BCUT2D eigenvalue weighted by molar-refractivity contribution is 0.415. The maximum atomic E-state index is 6.08. The van der Waals surface area contributed by atoms with Crippen molar-refractivity contribution in [2.45, 2.75) is 13.5 Å². The van der Waals surface area contributed by atoms with Crippen molar-refractivity contribution in [1.82, 2.24) is 0 Å². The molecule has 4 heteroatoms. The Balaban J connectivity index is 2.22. The second-order valence-corrected chi connectivity index (χ2v) is 5.05. The molecule has 1 heterocycles. The summed E-state index contributed by atoms with van der Waals surface area (Å²) in [6, 6.07) is 10.1. The zero-order chi connectivity index (χ0) is 13.0. The van der Waals surface area contributed by atoms with Gasteiger partial charge in [-0.1, -0.05) is 6.07 Å². The molecule has 0 radical (unpaired) electrons. The monoisotopic (exact) mass is 262 g/mol. The number of thiophene rings is 1. The number of hydrogen-bond acceptors (Lipinski definition) is 4. The van der Waals surface area contributed by atoms with Crippen molar-refractivity contribution in [3.63, 3.8) is 0 Å². The first kappa shape index (κ1) is 12.8. The Bertz CT molecular complexity index is 497. The first-order chi connectivity index (χ1) is 8.74. The molecule has 1 aromatic carbocycles. The van der Waals surface area contributed by atoms with E-state index in [1.807, 2.05) is 18.2 Å². The van der Waals surface area contributed by atoms with E-state index in [-0.39, 0.29) is 0 Å². The fourth-order valence-electron chi connectivity index (χ4n) is 1.91. The van der Waals surface area contributed by atoms with E-state index in [1.165, 1.54) is 4.88 Å². The summed E-state index contributed by atoms with van der Waals surface area (Å²) in [6.45, 7) is 3.95. The van der Waals surface area contributed by atoms with E-state index in [4.69, 9.17) is 10.5 Å². The molecule has 2 N–H and O–H groups in total. The molecular weight excluding hydrogens is 244 g/mol. The summed E-state index contributed by atoms with van der Waals surface area (Å²) in [4.78, 5) is 3.60. The van der Waals surface area contributed by atoms with Crippen molar-refractivity contribution in [1.29, 1.82) is 0 Å². The van der Waals surface area contributed by atoms with Gasteiger partial charge in [-0.15, -0.1) is 11.3 Å².